The molecule has 2 unspecified atom stereocenters. The molecule has 1 aromatic carbocycles. The summed E-state index contributed by atoms with van der Waals surface area (Å²) in [5, 5.41) is 15.8. The molecule has 1 amide bonds. The van der Waals surface area contributed by atoms with E-state index in [0.29, 0.717) is 11.6 Å². The lowest BCUT2D eigenvalue weighted by Gasteiger charge is -2.27. The normalized spacial score (nSPS) is 18.6. The number of rotatable bonds is 5. The molecule has 0 spiro atoms. The molecule has 0 saturated heterocycles. The first kappa shape index (κ1) is 15.1. The molecule has 110 valence electrons. The highest BCUT2D eigenvalue weighted by Crippen LogP contribution is 2.39. The van der Waals surface area contributed by atoms with Gasteiger partial charge in [-0.25, -0.2) is 0 Å². The van der Waals surface area contributed by atoms with Gasteiger partial charge in [0.2, 0.25) is 5.91 Å². The minimum absolute atomic E-state index is 0.0380. The second-order valence-electron chi connectivity index (χ2n) is 5.01. The third-order valence-electron chi connectivity index (χ3n) is 3.66. The Morgan fingerprint density at radius 1 is 1.55 bits per heavy atom. The molecule has 1 heterocycles. The molecule has 0 saturated carbocycles. The van der Waals surface area contributed by atoms with E-state index in [1.165, 1.54) is 0 Å². The van der Waals surface area contributed by atoms with Gasteiger partial charge in [-0.15, -0.1) is 0 Å². The number of carbonyl (C=O) groups excluding carboxylic acids is 1. The molecule has 0 aromatic heterocycles. The Labute approximate surface area is 123 Å². The summed E-state index contributed by atoms with van der Waals surface area (Å²) < 4.78 is 0. The first-order valence-corrected chi connectivity index (χ1v) is 7.08. The average Bonchev–Trinajstić information content (AvgIpc) is 2.73. The second-order valence-corrected chi connectivity index (χ2v) is 5.42. The summed E-state index contributed by atoms with van der Waals surface area (Å²) in [5.74, 6) is -0.0621. The number of nitrogens with zero attached hydrogens (tertiary/aromatic N) is 1. The van der Waals surface area contributed by atoms with E-state index in [9.17, 15) is 9.90 Å². The van der Waals surface area contributed by atoms with Gasteiger partial charge in [0.25, 0.3) is 0 Å². The van der Waals surface area contributed by atoms with E-state index in [-0.39, 0.29) is 24.6 Å². The predicted octanol–water partition coefficient (Wildman–Crippen LogP) is 1.76. The van der Waals surface area contributed by atoms with E-state index in [1.54, 1.807) is 0 Å². The summed E-state index contributed by atoms with van der Waals surface area (Å²) in [5.41, 5.74) is 2.44. The van der Waals surface area contributed by atoms with Crippen molar-refractivity contribution in [2.75, 3.05) is 30.4 Å². The number of hydrogen-bond acceptors (Lipinski definition) is 4. The Kier molecular flexibility index (Phi) is 4.52. The van der Waals surface area contributed by atoms with Crippen molar-refractivity contribution in [3.8, 4) is 0 Å². The van der Waals surface area contributed by atoms with Crippen LogP contribution in [0.1, 0.15) is 25.5 Å². The number of aliphatic hydroxyl groups is 1. The molecule has 2 atom stereocenters. The number of carbonyl (C=O) groups is 1. The van der Waals surface area contributed by atoms with Crippen molar-refractivity contribution >= 4 is 28.9 Å². The molecular formula is C14H20ClN3O2. The number of benzene rings is 1. The number of anilines is 2. The Bertz CT molecular complexity index is 521. The molecule has 1 aromatic rings. The van der Waals surface area contributed by atoms with Crippen molar-refractivity contribution in [3.05, 3.63) is 22.7 Å². The topological polar surface area (TPSA) is 64.6 Å². The number of aliphatic hydroxyl groups excluding tert-OH is 1. The van der Waals surface area contributed by atoms with Gasteiger partial charge in [-0.3, -0.25) is 4.79 Å². The summed E-state index contributed by atoms with van der Waals surface area (Å²) >= 11 is 6.33. The van der Waals surface area contributed by atoms with Gasteiger partial charge >= 0.3 is 0 Å². The molecule has 0 radical (unpaired) electrons. The van der Waals surface area contributed by atoms with Crippen LogP contribution in [0.3, 0.4) is 0 Å². The molecule has 1 aliphatic heterocycles. The zero-order valence-electron chi connectivity index (χ0n) is 11.9. The highest BCUT2D eigenvalue weighted by Gasteiger charge is 2.31. The van der Waals surface area contributed by atoms with Crippen LogP contribution in [-0.4, -0.2) is 37.3 Å². The van der Waals surface area contributed by atoms with Gasteiger partial charge in [-0.1, -0.05) is 18.5 Å². The lowest BCUT2D eigenvalue weighted by molar-refractivity contribution is -0.117. The first-order chi connectivity index (χ1) is 9.49. The third-order valence-corrected chi connectivity index (χ3v) is 3.97. The van der Waals surface area contributed by atoms with Gasteiger partial charge in [-0.2, -0.15) is 0 Å². The summed E-state index contributed by atoms with van der Waals surface area (Å²) in [6.45, 7) is 4.61. The summed E-state index contributed by atoms with van der Waals surface area (Å²) in [7, 11) is 1.87. The van der Waals surface area contributed by atoms with Crippen LogP contribution >= 0.6 is 11.6 Å². The molecule has 5 nitrogen and oxygen atoms in total. The lowest BCUT2D eigenvalue weighted by Crippen LogP contribution is -2.32. The minimum Gasteiger partial charge on any atom is -0.394 e. The van der Waals surface area contributed by atoms with Crippen molar-refractivity contribution in [2.24, 2.45) is 0 Å². The number of nitrogens with one attached hydrogen (secondary N) is 2. The van der Waals surface area contributed by atoms with Crippen molar-refractivity contribution in [1.29, 1.82) is 0 Å². The zero-order valence-corrected chi connectivity index (χ0v) is 12.7. The highest BCUT2D eigenvalue weighted by atomic mass is 35.5. The van der Waals surface area contributed by atoms with Crippen LogP contribution in [0, 0.1) is 0 Å². The second kappa shape index (κ2) is 5.99. The fourth-order valence-electron chi connectivity index (χ4n) is 2.31. The van der Waals surface area contributed by atoms with E-state index in [0.717, 1.165) is 16.9 Å². The van der Waals surface area contributed by atoms with Crippen molar-refractivity contribution in [3.63, 3.8) is 0 Å². The summed E-state index contributed by atoms with van der Waals surface area (Å²) in [6.07, 6.45) is 0. The predicted molar refractivity (Wildman–Crippen MR) is 81.5 cm³/mol. The van der Waals surface area contributed by atoms with Crippen molar-refractivity contribution in [2.45, 2.75) is 25.9 Å². The molecular weight excluding hydrogens is 278 g/mol. The van der Waals surface area contributed by atoms with E-state index in [1.807, 2.05) is 37.9 Å². The van der Waals surface area contributed by atoms with Gasteiger partial charge < -0.3 is 20.6 Å². The van der Waals surface area contributed by atoms with Crippen LogP contribution in [0.5, 0.6) is 0 Å². The number of amides is 1. The van der Waals surface area contributed by atoms with Crippen molar-refractivity contribution in [1.82, 2.24) is 5.32 Å². The number of hydrogen-bond donors (Lipinski definition) is 3. The molecule has 0 bridgehead atoms. The van der Waals surface area contributed by atoms with Crippen LogP contribution in [0.15, 0.2) is 12.1 Å². The Morgan fingerprint density at radius 3 is 2.85 bits per heavy atom. The quantitative estimate of drug-likeness (QED) is 0.775. The maximum absolute atomic E-state index is 11.9. The van der Waals surface area contributed by atoms with Crippen LogP contribution in [0.2, 0.25) is 5.02 Å². The monoisotopic (exact) mass is 297 g/mol. The first-order valence-electron chi connectivity index (χ1n) is 6.71. The van der Waals surface area contributed by atoms with Crippen LogP contribution < -0.4 is 15.5 Å². The van der Waals surface area contributed by atoms with Gasteiger partial charge in [-0.05, 0) is 25.6 Å². The fraction of sp³-hybridized carbons (Fsp3) is 0.500. The van der Waals surface area contributed by atoms with E-state index in [4.69, 9.17) is 11.6 Å². The van der Waals surface area contributed by atoms with Crippen molar-refractivity contribution < 1.29 is 9.90 Å². The maximum Gasteiger partial charge on any atom is 0.246 e. The van der Waals surface area contributed by atoms with Crippen LogP contribution in [-0.2, 0) is 4.79 Å². The van der Waals surface area contributed by atoms with Gasteiger partial charge in [0, 0.05) is 24.3 Å². The van der Waals surface area contributed by atoms with E-state index in [2.05, 4.69) is 10.6 Å². The van der Waals surface area contributed by atoms with Gasteiger partial charge in [0.15, 0.2) is 0 Å². The molecule has 1 aliphatic rings. The zero-order chi connectivity index (χ0) is 14.9. The molecule has 6 heteroatoms. The summed E-state index contributed by atoms with van der Waals surface area (Å²) in [4.78, 5) is 13.8. The van der Waals surface area contributed by atoms with E-state index >= 15 is 0 Å². The number of likely N-dealkylation sites (N-methyl/N-ethyl adjacent to an activating group) is 2. The third kappa shape index (κ3) is 2.61. The maximum atomic E-state index is 11.9. The number of fused-ring (bicyclic) bond motifs is 1. The van der Waals surface area contributed by atoms with Gasteiger partial charge in [0.1, 0.15) is 6.04 Å². The largest absolute Gasteiger partial charge is 0.394 e. The standard InChI is InChI=1S/C14H20ClN3O2/c1-4-16-13-9-5-10(15)12(18(3)8(2)7-19)6-11(9)17-14(13)20/h5-6,8,13,16,19H,4,7H2,1-3H3,(H,17,20). The summed E-state index contributed by atoms with van der Waals surface area (Å²) in [6, 6.07) is 3.28. The number of halogens is 1. The smallest absolute Gasteiger partial charge is 0.246 e. The van der Waals surface area contributed by atoms with Gasteiger partial charge in [0.05, 0.1) is 17.3 Å². The SMILES string of the molecule is CCNC1C(=O)Nc2cc(N(C)C(C)CO)c(Cl)cc21. The van der Waals surface area contributed by atoms with Crippen LogP contribution in [0.25, 0.3) is 0 Å². The Balaban J connectivity index is 2.38. The molecule has 3 N–H and O–H groups in total. The van der Waals surface area contributed by atoms with Crippen LogP contribution in [0.4, 0.5) is 11.4 Å². The average molecular weight is 298 g/mol. The Morgan fingerprint density at radius 2 is 2.25 bits per heavy atom. The fourth-order valence-corrected chi connectivity index (χ4v) is 2.61. The molecule has 0 aliphatic carbocycles. The molecule has 2 rings (SSSR count). The minimum atomic E-state index is -0.345. The van der Waals surface area contributed by atoms with E-state index < -0.39 is 0 Å². The molecule has 20 heavy (non-hydrogen) atoms. The molecule has 0 fully saturated rings. The highest BCUT2D eigenvalue weighted by molar-refractivity contribution is 6.33. The Hall–Kier alpha value is -1.30. The lowest BCUT2D eigenvalue weighted by atomic mass is 10.1.